The zero-order chi connectivity index (χ0) is 14.0. The third-order valence-corrected chi connectivity index (χ3v) is 3.09. The van der Waals surface area contributed by atoms with E-state index in [-0.39, 0.29) is 17.0 Å². The first-order chi connectivity index (χ1) is 8.89. The van der Waals surface area contributed by atoms with Crippen LogP contribution in [0, 0.1) is 5.82 Å². The fourth-order valence-electron chi connectivity index (χ4n) is 2.09. The lowest BCUT2D eigenvalue weighted by Crippen LogP contribution is -2.17. The van der Waals surface area contributed by atoms with E-state index in [1.54, 1.807) is 0 Å². The molecule has 2 heteroatoms. The van der Waals surface area contributed by atoms with Crippen LogP contribution in [0.4, 0.5) is 4.39 Å². The average molecular weight is 256 g/mol. The largest absolute Gasteiger partial charge is 0.289 e. The molecule has 0 spiro atoms. The molecule has 0 aromatic heterocycles. The Balaban J connectivity index is 2.48. The Bertz CT molecular complexity index is 591. The third kappa shape index (κ3) is 2.90. The number of carbonyl (C=O) groups excluding carboxylic acids is 1. The molecule has 0 aliphatic carbocycles. The number of hydrogen-bond donors (Lipinski definition) is 0. The van der Waals surface area contributed by atoms with Crippen LogP contribution in [0.2, 0.25) is 0 Å². The summed E-state index contributed by atoms with van der Waals surface area (Å²) in [6.07, 6.45) is 0. The van der Waals surface area contributed by atoms with Crippen LogP contribution in [-0.4, -0.2) is 5.78 Å². The highest BCUT2D eigenvalue weighted by Crippen LogP contribution is 2.27. The van der Waals surface area contributed by atoms with E-state index in [0.29, 0.717) is 11.1 Å². The van der Waals surface area contributed by atoms with Crippen molar-refractivity contribution < 1.29 is 9.18 Å². The Morgan fingerprint density at radius 1 is 0.947 bits per heavy atom. The van der Waals surface area contributed by atoms with E-state index in [9.17, 15) is 9.18 Å². The molecule has 0 atom stereocenters. The van der Waals surface area contributed by atoms with Gasteiger partial charge in [-0.05, 0) is 35.2 Å². The summed E-state index contributed by atoms with van der Waals surface area (Å²) >= 11 is 0. The third-order valence-electron chi connectivity index (χ3n) is 3.09. The van der Waals surface area contributed by atoms with Crippen LogP contribution in [0.25, 0.3) is 0 Å². The van der Waals surface area contributed by atoms with E-state index < -0.39 is 0 Å². The van der Waals surface area contributed by atoms with E-state index in [2.05, 4.69) is 20.8 Å². The van der Waals surface area contributed by atoms with E-state index in [1.807, 2.05) is 24.3 Å². The molecule has 2 aromatic carbocycles. The van der Waals surface area contributed by atoms with Gasteiger partial charge >= 0.3 is 0 Å². The number of hydrogen-bond acceptors (Lipinski definition) is 1. The van der Waals surface area contributed by atoms with Crippen molar-refractivity contribution in [3.8, 4) is 0 Å². The molecule has 2 aromatic rings. The van der Waals surface area contributed by atoms with Gasteiger partial charge in [0.05, 0.1) is 0 Å². The minimum absolute atomic E-state index is 0.0643. The maximum Gasteiger partial charge on any atom is 0.193 e. The molecular weight excluding hydrogens is 239 g/mol. The van der Waals surface area contributed by atoms with Gasteiger partial charge in [0.2, 0.25) is 0 Å². The maximum absolute atomic E-state index is 12.9. The van der Waals surface area contributed by atoms with Crippen LogP contribution in [0.1, 0.15) is 42.3 Å². The van der Waals surface area contributed by atoms with Crippen LogP contribution in [0.15, 0.2) is 48.5 Å². The molecule has 0 aliphatic rings. The van der Waals surface area contributed by atoms with Gasteiger partial charge in [0, 0.05) is 11.1 Å². The molecular formula is C17H17FO. The normalized spacial score (nSPS) is 11.4. The molecule has 0 saturated carbocycles. The molecule has 0 amide bonds. The van der Waals surface area contributed by atoms with Crippen molar-refractivity contribution in [1.29, 1.82) is 0 Å². The summed E-state index contributed by atoms with van der Waals surface area (Å²) < 4.78 is 12.9. The van der Waals surface area contributed by atoms with Gasteiger partial charge in [0.1, 0.15) is 5.82 Å². The fraction of sp³-hybridized carbons (Fsp3) is 0.235. The second-order valence-electron chi connectivity index (χ2n) is 5.63. The average Bonchev–Trinajstić information content (AvgIpc) is 2.38. The Morgan fingerprint density at radius 2 is 1.53 bits per heavy atom. The second kappa shape index (κ2) is 4.96. The number of halogens is 1. The lowest BCUT2D eigenvalue weighted by atomic mass is 9.82. The summed E-state index contributed by atoms with van der Waals surface area (Å²) in [6, 6.07) is 13.3. The van der Waals surface area contributed by atoms with Crippen molar-refractivity contribution in [2.45, 2.75) is 26.2 Å². The van der Waals surface area contributed by atoms with Crippen molar-refractivity contribution in [3.05, 3.63) is 71.0 Å². The van der Waals surface area contributed by atoms with E-state index in [0.717, 1.165) is 5.56 Å². The fourth-order valence-corrected chi connectivity index (χ4v) is 2.09. The monoisotopic (exact) mass is 256 g/mol. The quantitative estimate of drug-likeness (QED) is 0.730. The molecule has 98 valence electrons. The van der Waals surface area contributed by atoms with Crippen molar-refractivity contribution in [1.82, 2.24) is 0 Å². The van der Waals surface area contributed by atoms with Crippen LogP contribution in [0.3, 0.4) is 0 Å². The van der Waals surface area contributed by atoms with Gasteiger partial charge in [-0.1, -0.05) is 45.0 Å². The SMILES string of the molecule is CC(C)(C)c1ccccc1C(=O)c1ccc(F)cc1. The minimum Gasteiger partial charge on any atom is -0.289 e. The predicted octanol–water partition coefficient (Wildman–Crippen LogP) is 4.35. The molecule has 0 bridgehead atoms. The standard InChI is InChI=1S/C17H17FO/c1-17(2,3)15-7-5-4-6-14(15)16(19)12-8-10-13(18)11-9-12/h4-11H,1-3H3. The van der Waals surface area contributed by atoms with Crippen molar-refractivity contribution in [2.24, 2.45) is 0 Å². The van der Waals surface area contributed by atoms with Gasteiger partial charge in [0.25, 0.3) is 0 Å². The molecule has 0 N–H and O–H groups in total. The van der Waals surface area contributed by atoms with Crippen LogP contribution < -0.4 is 0 Å². The summed E-state index contributed by atoms with van der Waals surface area (Å²) in [5, 5.41) is 0. The zero-order valence-corrected chi connectivity index (χ0v) is 11.4. The predicted molar refractivity (Wildman–Crippen MR) is 75.0 cm³/mol. The minimum atomic E-state index is -0.333. The van der Waals surface area contributed by atoms with Gasteiger partial charge in [-0.2, -0.15) is 0 Å². The maximum atomic E-state index is 12.9. The Hall–Kier alpha value is -1.96. The molecule has 0 saturated heterocycles. The van der Waals surface area contributed by atoms with Gasteiger partial charge in [-0.15, -0.1) is 0 Å². The lowest BCUT2D eigenvalue weighted by Gasteiger charge is -2.22. The molecule has 2 rings (SSSR count). The van der Waals surface area contributed by atoms with E-state index in [1.165, 1.54) is 24.3 Å². The molecule has 0 unspecified atom stereocenters. The first kappa shape index (κ1) is 13.5. The Morgan fingerprint density at radius 3 is 2.11 bits per heavy atom. The topological polar surface area (TPSA) is 17.1 Å². The van der Waals surface area contributed by atoms with Crippen molar-refractivity contribution in [2.75, 3.05) is 0 Å². The summed E-state index contributed by atoms with van der Waals surface area (Å²) in [5.41, 5.74) is 2.09. The number of rotatable bonds is 2. The molecule has 1 nitrogen and oxygen atoms in total. The smallest absolute Gasteiger partial charge is 0.193 e. The zero-order valence-electron chi connectivity index (χ0n) is 11.4. The van der Waals surface area contributed by atoms with Gasteiger partial charge in [-0.3, -0.25) is 4.79 Å². The number of carbonyl (C=O) groups is 1. The van der Waals surface area contributed by atoms with Crippen molar-refractivity contribution in [3.63, 3.8) is 0 Å². The molecule has 0 radical (unpaired) electrons. The van der Waals surface area contributed by atoms with E-state index >= 15 is 0 Å². The lowest BCUT2D eigenvalue weighted by molar-refractivity contribution is 0.103. The van der Waals surface area contributed by atoms with Crippen molar-refractivity contribution >= 4 is 5.78 Å². The first-order valence-electron chi connectivity index (χ1n) is 6.29. The Labute approximate surface area is 113 Å². The highest BCUT2D eigenvalue weighted by Gasteiger charge is 2.21. The number of benzene rings is 2. The molecule has 0 aliphatic heterocycles. The molecule has 0 fully saturated rings. The molecule has 19 heavy (non-hydrogen) atoms. The molecule has 0 heterocycles. The van der Waals surface area contributed by atoms with Crippen LogP contribution >= 0.6 is 0 Å². The van der Waals surface area contributed by atoms with Gasteiger partial charge in [-0.25, -0.2) is 4.39 Å². The van der Waals surface area contributed by atoms with Crippen LogP contribution in [0.5, 0.6) is 0 Å². The highest BCUT2D eigenvalue weighted by molar-refractivity contribution is 6.10. The van der Waals surface area contributed by atoms with Crippen LogP contribution in [-0.2, 0) is 5.41 Å². The summed E-state index contributed by atoms with van der Waals surface area (Å²) in [4.78, 5) is 12.5. The van der Waals surface area contributed by atoms with Gasteiger partial charge < -0.3 is 0 Å². The second-order valence-corrected chi connectivity index (χ2v) is 5.63. The summed E-state index contributed by atoms with van der Waals surface area (Å²) in [5.74, 6) is -0.397. The highest BCUT2D eigenvalue weighted by atomic mass is 19.1. The Kier molecular flexibility index (Phi) is 3.52. The summed E-state index contributed by atoms with van der Waals surface area (Å²) in [7, 11) is 0. The summed E-state index contributed by atoms with van der Waals surface area (Å²) in [6.45, 7) is 6.22. The first-order valence-corrected chi connectivity index (χ1v) is 6.29. The van der Waals surface area contributed by atoms with E-state index in [4.69, 9.17) is 0 Å². The number of ketones is 1. The van der Waals surface area contributed by atoms with Gasteiger partial charge in [0.15, 0.2) is 5.78 Å².